The summed E-state index contributed by atoms with van der Waals surface area (Å²) in [6.07, 6.45) is 0.411. The Kier molecular flexibility index (Phi) is 4.95. The van der Waals surface area contributed by atoms with E-state index in [2.05, 4.69) is 35.6 Å². The van der Waals surface area contributed by atoms with Gasteiger partial charge in [0.25, 0.3) is 0 Å². The lowest BCUT2D eigenvalue weighted by atomic mass is 10.0. The third kappa shape index (κ3) is 3.82. The molecule has 0 fully saturated rings. The smallest absolute Gasteiger partial charge is 0.363 e. The Hall–Kier alpha value is -4.74. The highest BCUT2D eigenvalue weighted by molar-refractivity contribution is 5.91. The lowest BCUT2D eigenvalue weighted by Gasteiger charge is -2.09. The van der Waals surface area contributed by atoms with Crippen molar-refractivity contribution in [1.29, 1.82) is 0 Å². The summed E-state index contributed by atoms with van der Waals surface area (Å²) in [5, 5.41) is 13.5. The van der Waals surface area contributed by atoms with Crippen molar-refractivity contribution in [1.82, 2.24) is 30.3 Å². The number of rotatable bonds is 5. The predicted octanol–water partition coefficient (Wildman–Crippen LogP) is 5.93. The van der Waals surface area contributed by atoms with Gasteiger partial charge in [0, 0.05) is 30.1 Å². The van der Waals surface area contributed by atoms with Gasteiger partial charge in [-0.05, 0) is 35.9 Å². The standard InChI is InChI=1S/C24H15F4N7O/c25-18-7-12(16-5-6-29-23-20(16)33-21(34-23)14-10-31-32-11-14)1-2-13(18)9-30-22-17-8-15(24(26,27)28)3-4-19(17)36-35-22/h1-8,10-11H,9H2,(H,30,35)(H,31,32)(H,29,33,34). The number of hydrogen-bond acceptors (Lipinski definition) is 6. The first-order chi connectivity index (χ1) is 17.4. The number of nitrogens with zero attached hydrogens (tertiary/aromatic N) is 4. The van der Waals surface area contributed by atoms with Gasteiger partial charge in [0.05, 0.1) is 28.2 Å². The SMILES string of the molecule is Fc1cc(-c2ccnc3nc(-c4cn[nH]c4)[nH]c23)ccc1CNc1noc2ccc(C(F)(F)F)cc12. The van der Waals surface area contributed by atoms with Crippen LogP contribution in [0, 0.1) is 5.82 Å². The molecule has 0 atom stereocenters. The normalized spacial score (nSPS) is 12.0. The molecule has 0 spiro atoms. The summed E-state index contributed by atoms with van der Waals surface area (Å²) >= 11 is 0. The highest BCUT2D eigenvalue weighted by atomic mass is 19.4. The van der Waals surface area contributed by atoms with Crippen LogP contribution in [0.1, 0.15) is 11.1 Å². The molecule has 3 N–H and O–H groups in total. The number of halogens is 4. The average Bonchev–Trinajstić information content (AvgIpc) is 3.61. The maximum atomic E-state index is 15.0. The van der Waals surface area contributed by atoms with Crippen LogP contribution in [0.5, 0.6) is 0 Å². The second-order valence-electron chi connectivity index (χ2n) is 8.03. The molecule has 4 heterocycles. The molecule has 6 rings (SSSR count). The first kappa shape index (κ1) is 21.8. The third-order valence-corrected chi connectivity index (χ3v) is 5.77. The minimum atomic E-state index is -4.50. The summed E-state index contributed by atoms with van der Waals surface area (Å²) < 4.78 is 59.3. The van der Waals surface area contributed by atoms with E-state index in [0.29, 0.717) is 33.7 Å². The van der Waals surface area contributed by atoms with Crippen LogP contribution >= 0.6 is 0 Å². The summed E-state index contributed by atoms with van der Waals surface area (Å²) in [5.74, 6) is 0.177. The lowest BCUT2D eigenvalue weighted by molar-refractivity contribution is -0.137. The average molecular weight is 493 g/mol. The van der Waals surface area contributed by atoms with Crippen LogP contribution in [-0.2, 0) is 12.7 Å². The van der Waals surface area contributed by atoms with E-state index in [1.807, 2.05) is 0 Å². The molecular formula is C24H15F4N7O. The fourth-order valence-corrected chi connectivity index (χ4v) is 3.95. The maximum Gasteiger partial charge on any atom is 0.416 e. The number of anilines is 1. The van der Waals surface area contributed by atoms with Gasteiger partial charge in [-0.2, -0.15) is 18.3 Å². The number of nitrogens with one attached hydrogen (secondary N) is 3. The minimum absolute atomic E-state index is 0.00948. The fourth-order valence-electron chi connectivity index (χ4n) is 3.95. The third-order valence-electron chi connectivity index (χ3n) is 5.77. The minimum Gasteiger partial charge on any atom is -0.363 e. The van der Waals surface area contributed by atoms with E-state index in [1.54, 1.807) is 36.8 Å². The second kappa shape index (κ2) is 8.18. The zero-order valence-electron chi connectivity index (χ0n) is 18.2. The number of benzene rings is 2. The van der Waals surface area contributed by atoms with Gasteiger partial charge in [0.15, 0.2) is 17.0 Å². The Morgan fingerprint density at radius 2 is 1.92 bits per heavy atom. The van der Waals surface area contributed by atoms with Crippen molar-refractivity contribution in [3.8, 4) is 22.5 Å². The molecule has 12 heteroatoms. The molecule has 0 amide bonds. The van der Waals surface area contributed by atoms with E-state index in [-0.39, 0.29) is 23.3 Å². The summed E-state index contributed by atoms with van der Waals surface area (Å²) in [4.78, 5) is 12.0. The number of fused-ring (bicyclic) bond motifs is 2. The van der Waals surface area contributed by atoms with Crippen molar-refractivity contribution in [2.45, 2.75) is 12.7 Å². The van der Waals surface area contributed by atoms with Crippen LogP contribution in [0.25, 0.3) is 44.6 Å². The van der Waals surface area contributed by atoms with Crippen LogP contribution in [0.2, 0.25) is 0 Å². The highest BCUT2D eigenvalue weighted by Crippen LogP contribution is 2.34. The molecular weight excluding hydrogens is 478 g/mol. The van der Waals surface area contributed by atoms with Gasteiger partial charge < -0.3 is 14.8 Å². The molecule has 6 aromatic rings. The molecule has 0 radical (unpaired) electrons. The summed E-state index contributed by atoms with van der Waals surface area (Å²) in [5.41, 5.74) is 2.87. The number of imidazole rings is 1. The van der Waals surface area contributed by atoms with Crippen molar-refractivity contribution in [3.63, 3.8) is 0 Å². The Balaban J connectivity index is 1.27. The molecule has 0 saturated heterocycles. The van der Waals surface area contributed by atoms with Crippen LogP contribution in [-0.4, -0.2) is 30.3 Å². The monoisotopic (exact) mass is 493 g/mol. The zero-order chi connectivity index (χ0) is 24.9. The Morgan fingerprint density at radius 3 is 2.69 bits per heavy atom. The van der Waals surface area contributed by atoms with E-state index >= 15 is 4.39 Å². The van der Waals surface area contributed by atoms with E-state index in [0.717, 1.165) is 17.7 Å². The van der Waals surface area contributed by atoms with Gasteiger partial charge >= 0.3 is 6.18 Å². The van der Waals surface area contributed by atoms with Gasteiger partial charge in [-0.25, -0.2) is 14.4 Å². The van der Waals surface area contributed by atoms with E-state index < -0.39 is 17.6 Å². The van der Waals surface area contributed by atoms with Crippen molar-refractivity contribution in [2.24, 2.45) is 0 Å². The molecule has 4 aromatic heterocycles. The number of aromatic amines is 2. The number of aromatic nitrogens is 6. The van der Waals surface area contributed by atoms with Crippen molar-refractivity contribution in [2.75, 3.05) is 5.32 Å². The van der Waals surface area contributed by atoms with E-state index in [1.165, 1.54) is 12.1 Å². The summed E-state index contributed by atoms with van der Waals surface area (Å²) in [6.45, 7) is -0.00948. The first-order valence-corrected chi connectivity index (χ1v) is 10.7. The molecule has 0 aliphatic carbocycles. The molecule has 0 bridgehead atoms. The maximum absolute atomic E-state index is 15.0. The Bertz CT molecular complexity index is 1700. The number of pyridine rings is 1. The predicted molar refractivity (Wildman–Crippen MR) is 123 cm³/mol. The molecule has 36 heavy (non-hydrogen) atoms. The quantitative estimate of drug-likeness (QED) is 0.257. The van der Waals surface area contributed by atoms with Crippen LogP contribution in [0.3, 0.4) is 0 Å². The molecule has 0 aliphatic rings. The Morgan fingerprint density at radius 1 is 1.03 bits per heavy atom. The van der Waals surface area contributed by atoms with E-state index in [9.17, 15) is 13.2 Å². The second-order valence-corrected chi connectivity index (χ2v) is 8.03. The van der Waals surface area contributed by atoms with E-state index in [4.69, 9.17) is 4.52 Å². The molecule has 8 nitrogen and oxygen atoms in total. The Labute approximate surface area is 199 Å². The van der Waals surface area contributed by atoms with Gasteiger partial charge in [0.2, 0.25) is 0 Å². The zero-order valence-corrected chi connectivity index (χ0v) is 18.2. The van der Waals surface area contributed by atoms with Crippen molar-refractivity contribution < 1.29 is 22.1 Å². The van der Waals surface area contributed by atoms with Crippen LogP contribution in [0.4, 0.5) is 23.4 Å². The lowest BCUT2D eigenvalue weighted by Crippen LogP contribution is -2.05. The molecule has 2 aromatic carbocycles. The van der Waals surface area contributed by atoms with Gasteiger partial charge in [-0.1, -0.05) is 17.3 Å². The highest BCUT2D eigenvalue weighted by Gasteiger charge is 2.31. The number of hydrogen-bond donors (Lipinski definition) is 3. The molecule has 0 unspecified atom stereocenters. The van der Waals surface area contributed by atoms with Crippen LogP contribution in [0.15, 0.2) is 65.6 Å². The van der Waals surface area contributed by atoms with Gasteiger partial charge in [-0.3, -0.25) is 5.10 Å². The van der Waals surface area contributed by atoms with Crippen LogP contribution < -0.4 is 5.32 Å². The molecule has 0 saturated carbocycles. The van der Waals surface area contributed by atoms with Gasteiger partial charge in [0.1, 0.15) is 11.6 Å². The molecule has 0 aliphatic heterocycles. The number of alkyl halides is 3. The summed E-state index contributed by atoms with van der Waals surface area (Å²) in [7, 11) is 0. The fraction of sp³-hybridized carbons (Fsp3) is 0.0833. The number of H-pyrrole nitrogens is 2. The largest absolute Gasteiger partial charge is 0.416 e. The summed E-state index contributed by atoms with van der Waals surface area (Å²) in [6, 6.07) is 9.55. The first-order valence-electron chi connectivity index (χ1n) is 10.7. The van der Waals surface area contributed by atoms with Crippen molar-refractivity contribution >= 4 is 28.0 Å². The topological polar surface area (TPSA) is 108 Å². The van der Waals surface area contributed by atoms with Crippen molar-refractivity contribution in [3.05, 3.63) is 78.0 Å². The van der Waals surface area contributed by atoms with Gasteiger partial charge in [-0.15, -0.1) is 0 Å². The molecule has 180 valence electrons.